The number of aromatic nitrogens is 2. The molecule has 1 saturated heterocycles. The van der Waals surface area contributed by atoms with Crippen LogP contribution in [0.3, 0.4) is 0 Å². The zero-order chi connectivity index (χ0) is 22.8. The Hall–Kier alpha value is -2.70. The molecule has 0 aliphatic carbocycles. The molecule has 6 heteroatoms. The SMILES string of the molecule is CCCN1C(=O)C(=Cc2cn(-c3ccccc3)nc2-c2cc(C(C)C)ccc2C)SC1=S. The van der Waals surface area contributed by atoms with Gasteiger partial charge in [-0.15, -0.1) is 0 Å². The van der Waals surface area contributed by atoms with Crippen molar-refractivity contribution in [2.75, 3.05) is 6.54 Å². The van der Waals surface area contributed by atoms with E-state index in [1.165, 1.54) is 17.3 Å². The summed E-state index contributed by atoms with van der Waals surface area (Å²) in [7, 11) is 0. The van der Waals surface area contributed by atoms with E-state index >= 15 is 0 Å². The second kappa shape index (κ2) is 9.43. The van der Waals surface area contributed by atoms with E-state index in [4.69, 9.17) is 17.3 Å². The van der Waals surface area contributed by atoms with E-state index < -0.39 is 0 Å². The molecule has 0 saturated carbocycles. The maximum atomic E-state index is 13.0. The Labute approximate surface area is 199 Å². The van der Waals surface area contributed by atoms with E-state index in [9.17, 15) is 4.79 Å². The molecule has 1 amide bonds. The number of amides is 1. The van der Waals surface area contributed by atoms with E-state index in [0.717, 1.165) is 34.5 Å². The predicted octanol–water partition coefficient (Wildman–Crippen LogP) is 6.58. The van der Waals surface area contributed by atoms with Gasteiger partial charge in [0.25, 0.3) is 5.91 Å². The number of carbonyl (C=O) groups is 1. The van der Waals surface area contributed by atoms with Gasteiger partial charge in [-0.05, 0) is 54.7 Å². The van der Waals surface area contributed by atoms with Crippen LogP contribution in [0.5, 0.6) is 0 Å². The molecule has 1 aromatic heterocycles. The number of rotatable bonds is 6. The number of thioether (sulfide) groups is 1. The number of benzene rings is 2. The second-order valence-electron chi connectivity index (χ2n) is 8.28. The standard InChI is InChI=1S/C26H27N3OS2/c1-5-13-28-25(30)23(32-26(28)31)15-20-16-29(21-9-7-6-8-10-21)27-24(20)22-14-19(17(2)3)12-11-18(22)4/h6-12,14-17H,5,13H2,1-4H3. The minimum atomic E-state index is -0.0204. The summed E-state index contributed by atoms with van der Waals surface area (Å²) in [5, 5.41) is 4.96. The van der Waals surface area contributed by atoms with Gasteiger partial charge in [-0.2, -0.15) is 5.10 Å². The van der Waals surface area contributed by atoms with Crippen LogP contribution in [0.25, 0.3) is 23.0 Å². The van der Waals surface area contributed by atoms with Crippen molar-refractivity contribution in [1.29, 1.82) is 0 Å². The van der Waals surface area contributed by atoms with Crippen molar-refractivity contribution in [3.63, 3.8) is 0 Å². The maximum absolute atomic E-state index is 13.0. The van der Waals surface area contributed by atoms with Crippen LogP contribution in [0.4, 0.5) is 0 Å². The number of aryl methyl sites for hydroxylation is 1. The largest absolute Gasteiger partial charge is 0.293 e. The first-order chi connectivity index (χ1) is 15.4. The normalized spacial score (nSPS) is 15.4. The molecule has 164 valence electrons. The lowest BCUT2D eigenvalue weighted by atomic mass is 9.95. The molecule has 2 heterocycles. The second-order valence-corrected chi connectivity index (χ2v) is 9.95. The molecule has 2 aromatic carbocycles. The van der Waals surface area contributed by atoms with Gasteiger partial charge in [0, 0.05) is 23.9 Å². The summed E-state index contributed by atoms with van der Waals surface area (Å²) in [6.45, 7) is 9.18. The Kier molecular flexibility index (Phi) is 6.63. The van der Waals surface area contributed by atoms with Crippen LogP contribution in [0.15, 0.2) is 59.6 Å². The van der Waals surface area contributed by atoms with Gasteiger partial charge >= 0.3 is 0 Å². The van der Waals surface area contributed by atoms with Gasteiger partial charge in [0.1, 0.15) is 10.0 Å². The maximum Gasteiger partial charge on any atom is 0.266 e. The molecule has 0 spiro atoms. The summed E-state index contributed by atoms with van der Waals surface area (Å²) in [6, 6.07) is 16.6. The zero-order valence-electron chi connectivity index (χ0n) is 18.8. The van der Waals surface area contributed by atoms with Gasteiger partial charge in [-0.3, -0.25) is 9.69 Å². The lowest BCUT2D eigenvalue weighted by Gasteiger charge is -2.12. The van der Waals surface area contributed by atoms with E-state index in [2.05, 4.69) is 45.9 Å². The molecule has 1 aliphatic heterocycles. The predicted molar refractivity (Wildman–Crippen MR) is 138 cm³/mol. The first-order valence-corrected chi connectivity index (χ1v) is 12.1. The van der Waals surface area contributed by atoms with Crippen molar-refractivity contribution in [2.24, 2.45) is 0 Å². The number of para-hydroxylation sites is 1. The Morgan fingerprint density at radius 1 is 1.16 bits per heavy atom. The molecule has 0 N–H and O–H groups in total. The Morgan fingerprint density at radius 3 is 2.59 bits per heavy atom. The third kappa shape index (κ3) is 4.43. The molecule has 0 atom stereocenters. The zero-order valence-corrected chi connectivity index (χ0v) is 20.5. The summed E-state index contributed by atoms with van der Waals surface area (Å²) in [5.74, 6) is 0.396. The lowest BCUT2D eigenvalue weighted by Crippen LogP contribution is -2.28. The van der Waals surface area contributed by atoms with Crippen molar-refractivity contribution in [3.8, 4) is 16.9 Å². The van der Waals surface area contributed by atoms with Gasteiger partial charge in [0.05, 0.1) is 10.6 Å². The average molecular weight is 462 g/mol. The van der Waals surface area contributed by atoms with Gasteiger partial charge in [-0.25, -0.2) is 4.68 Å². The minimum absolute atomic E-state index is 0.0204. The van der Waals surface area contributed by atoms with E-state index in [-0.39, 0.29) is 5.91 Å². The number of nitrogens with zero attached hydrogens (tertiary/aromatic N) is 3. The van der Waals surface area contributed by atoms with Crippen molar-refractivity contribution in [3.05, 3.63) is 76.3 Å². The minimum Gasteiger partial charge on any atom is -0.293 e. The first kappa shape index (κ1) is 22.5. The molecule has 4 rings (SSSR count). The Morgan fingerprint density at radius 2 is 1.91 bits per heavy atom. The van der Waals surface area contributed by atoms with Crippen LogP contribution in [-0.2, 0) is 4.79 Å². The fourth-order valence-electron chi connectivity index (χ4n) is 3.73. The van der Waals surface area contributed by atoms with Crippen LogP contribution >= 0.6 is 24.0 Å². The van der Waals surface area contributed by atoms with E-state index in [1.54, 1.807) is 4.90 Å². The number of carbonyl (C=O) groups excluding carboxylic acids is 1. The highest BCUT2D eigenvalue weighted by Crippen LogP contribution is 2.36. The molecular formula is C26H27N3OS2. The Bertz CT molecular complexity index is 1200. The van der Waals surface area contributed by atoms with E-state index in [1.807, 2.05) is 47.3 Å². The molecule has 4 nitrogen and oxygen atoms in total. The molecule has 1 aliphatic rings. The van der Waals surface area contributed by atoms with Crippen LogP contribution < -0.4 is 0 Å². The highest BCUT2D eigenvalue weighted by molar-refractivity contribution is 8.26. The van der Waals surface area contributed by atoms with Crippen LogP contribution in [0, 0.1) is 6.92 Å². The third-order valence-corrected chi connectivity index (χ3v) is 6.93. The third-order valence-electron chi connectivity index (χ3n) is 5.55. The van der Waals surface area contributed by atoms with Gasteiger partial charge in [0.2, 0.25) is 0 Å². The fraction of sp³-hybridized carbons (Fsp3) is 0.269. The summed E-state index contributed by atoms with van der Waals surface area (Å²) in [4.78, 5) is 15.3. The number of hydrogen-bond donors (Lipinski definition) is 0. The lowest BCUT2D eigenvalue weighted by molar-refractivity contribution is -0.122. The monoisotopic (exact) mass is 461 g/mol. The summed E-state index contributed by atoms with van der Waals surface area (Å²) < 4.78 is 2.51. The van der Waals surface area contributed by atoms with Crippen molar-refractivity contribution < 1.29 is 4.79 Å². The molecular weight excluding hydrogens is 434 g/mol. The molecule has 32 heavy (non-hydrogen) atoms. The van der Waals surface area contributed by atoms with Crippen molar-refractivity contribution >= 4 is 40.3 Å². The summed E-state index contributed by atoms with van der Waals surface area (Å²) in [6.07, 6.45) is 4.81. The smallest absolute Gasteiger partial charge is 0.266 e. The molecule has 0 bridgehead atoms. The fourth-order valence-corrected chi connectivity index (χ4v) is 5.03. The molecule has 3 aromatic rings. The van der Waals surface area contributed by atoms with Crippen LogP contribution in [0.2, 0.25) is 0 Å². The molecule has 1 fully saturated rings. The van der Waals surface area contributed by atoms with Crippen molar-refractivity contribution in [1.82, 2.24) is 14.7 Å². The number of hydrogen-bond acceptors (Lipinski definition) is 4. The van der Waals surface area contributed by atoms with Gasteiger partial charge < -0.3 is 0 Å². The molecule has 0 radical (unpaired) electrons. The molecule has 0 unspecified atom stereocenters. The first-order valence-electron chi connectivity index (χ1n) is 10.9. The van der Waals surface area contributed by atoms with Crippen LogP contribution in [-0.4, -0.2) is 31.5 Å². The summed E-state index contributed by atoms with van der Waals surface area (Å²) >= 11 is 6.83. The van der Waals surface area contributed by atoms with E-state index in [0.29, 0.717) is 21.7 Å². The van der Waals surface area contributed by atoms with Crippen LogP contribution in [0.1, 0.15) is 49.8 Å². The van der Waals surface area contributed by atoms with Gasteiger partial charge in [0.15, 0.2) is 0 Å². The van der Waals surface area contributed by atoms with Gasteiger partial charge in [-0.1, -0.05) is 75.1 Å². The average Bonchev–Trinajstić information content (AvgIpc) is 3.31. The number of thiocarbonyl (C=S) groups is 1. The summed E-state index contributed by atoms with van der Waals surface area (Å²) in [5.41, 5.74) is 6.26. The van der Waals surface area contributed by atoms with Crippen molar-refractivity contribution in [2.45, 2.75) is 40.0 Å². The highest BCUT2D eigenvalue weighted by Gasteiger charge is 2.31. The highest BCUT2D eigenvalue weighted by atomic mass is 32.2. The Balaban J connectivity index is 1.86. The topological polar surface area (TPSA) is 38.1 Å². The quantitative estimate of drug-likeness (QED) is 0.307.